The molecule has 3 rings (SSSR count). The van der Waals surface area contributed by atoms with E-state index in [-0.39, 0.29) is 29.3 Å². The Hall–Kier alpha value is -2.03. The molecule has 1 aliphatic rings. The van der Waals surface area contributed by atoms with Crippen molar-refractivity contribution >= 4 is 9.84 Å². The molecule has 0 spiro atoms. The van der Waals surface area contributed by atoms with Crippen molar-refractivity contribution in [3.8, 4) is 5.75 Å². The van der Waals surface area contributed by atoms with Gasteiger partial charge in [-0.2, -0.15) is 13.2 Å². The Morgan fingerprint density at radius 3 is 2.54 bits per heavy atom. The Bertz CT molecular complexity index is 883. The Kier molecular flexibility index (Phi) is 3.86. The SMILES string of the molecule is CS(=O)(=O)c1cc(C(F)(F)F)ccc1Cc1noc(C2CC2)c1O. The molecule has 2 aromatic rings. The van der Waals surface area contributed by atoms with E-state index >= 15 is 0 Å². The van der Waals surface area contributed by atoms with Crippen LogP contribution in [0.4, 0.5) is 13.2 Å². The molecule has 1 saturated carbocycles. The summed E-state index contributed by atoms with van der Waals surface area (Å²) < 4.78 is 67.2. The van der Waals surface area contributed by atoms with Crippen LogP contribution in [0.2, 0.25) is 0 Å². The van der Waals surface area contributed by atoms with Gasteiger partial charge in [-0.3, -0.25) is 0 Å². The monoisotopic (exact) mass is 361 g/mol. The van der Waals surface area contributed by atoms with Crippen molar-refractivity contribution in [1.82, 2.24) is 5.16 Å². The highest BCUT2D eigenvalue weighted by Crippen LogP contribution is 2.45. The minimum atomic E-state index is -4.65. The van der Waals surface area contributed by atoms with Crippen molar-refractivity contribution in [2.75, 3.05) is 6.26 Å². The summed E-state index contributed by atoms with van der Waals surface area (Å²) in [5.74, 6) is 0.294. The first-order chi connectivity index (χ1) is 11.1. The van der Waals surface area contributed by atoms with E-state index in [0.29, 0.717) is 11.8 Å². The number of hydrogen-bond donors (Lipinski definition) is 1. The molecule has 9 heteroatoms. The fraction of sp³-hybridized carbons (Fsp3) is 0.400. The quantitative estimate of drug-likeness (QED) is 0.904. The van der Waals surface area contributed by atoms with Gasteiger partial charge in [-0.25, -0.2) is 8.42 Å². The summed E-state index contributed by atoms with van der Waals surface area (Å²) in [6.07, 6.45) is -2.20. The molecular formula is C15H14F3NO4S. The molecule has 1 heterocycles. The second-order valence-electron chi connectivity index (χ2n) is 5.89. The van der Waals surface area contributed by atoms with Gasteiger partial charge in [0.05, 0.1) is 10.5 Å². The molecule has 0 bridgehead atoms. The lowest BCUT2D eigenvalue weighted by Gasteiger charge is -2.12. The van der Waals surface area contributed by atoms with Crippen LogP contribution in [-0.4, -0.2) is 24.9 Å². The number of benzene rings is 1. The van der Waals surface area contributed by atoms with Gasteiger partial charge in [0.1, 0.15) is 5.69 Å². The molecule has 1 aromatic heterocycles. The van der Waals surface area contributed by atoms with E-state index in [0.717, 1.165) is 31.2 Å². The predicted octanol–water partition coefficient (Wildman–Crippen LogP) is 3.27. The highest BCUT2D eigenvalue weighted by molar-refractivity contribution is 7.90. The molecule has 0 aliphatic heterocycles. The highest BCUT2D eigenvalue weighted by atomic mass is 32.2. The molecule has 0 saturated heterocycles. The average Bonchev–Trinajstić information content (AvgIpc) is 3.23. The maximum atomic E-state index is 12.8. The Balaban J connectivity index is 2.01. The van der Waals surface area contributed by atoms with Crippen LogP contribution in [-0.2, 0) is 22.4 Å². The van der Waals surface area contributed by atoms with Crippen LogP contribution in [0.5, 0.6) is 5.75 Å². The summed E-state index contributed by atoms with van der Waals surface area (Å²) in [6, 6.07) is 2.50. The van der Waals surface area contributed by atoms with Crippen LogP contribution < -0.4 is 0 Å². The van der Waals surface area contributed by atoms with Crippen molar-refractivity contribution in [3.63, 3.8) is 0 Å². The van der Waals surface area contributed by atoms with E-state index in [1.54, 1.807) is 0 Å². The van der Waals surface area contributed by atoms with E-state index in [1.165, 1.54) is 0 Å². The van der Waals surface area contributed by atoms with Gasteiger partial charge in [0.25, 0.3) is 0 Å². The second-order valence-corrected chi connectivity index (χ2v) is 7.87. The second kappa shape index (κ2) is 5.51. The lowest BCUT2D eigenvalue weighted by molar-refractivity contribution is -0.137. The highest BCUT2D eigenvalue weighted by Gasteiger charge is 2.34. The van der Waals surface area contributed by atoms with E-state index < -0.39 is 26.5 Å². The molecule has 0 radical (unpaired) electrons. The topological polar surface area (TPSA) is 80.4 Å². The number of nitrogens with zero attached hydrogens (tertiary/aromatic N) is 1. The first kappa shape index (κ1) is 16.8. The Morgan fingerprint density at radius 2 is 2.00 bits per heavy atom. The van der Waals surface area contributed by atoms with Crippen molar-refractivity contribution in [3.05, 3.63) is 40.8 Å². The van der Waals surface area contributed by atoms with Gasteiger partial charge in [-0.05, 0) is 30.5 Å². The molecule has 1 aliphatic carbocycles. The zero-order chi connectivity index (χ0) is 17.7. The van der Waals surface area contributed by atoms with Crippen LogP contribution in [0.15, 0.2) is 27.6 Å². The zero-order valence-corrected chi connectivity index (χ0v) is 13.4. The van der Waals surface area contributed by atoms with Gasteiger partial charge >= 0.3 is 6.18 Å². The number of aromatic hydroxyl groups is 1. The number of hydrogen-bond acceptors (Lipinski definition) is 5. The number of alkyl halides is 3. The lowest BCUT2D eigenvalue weighted by Crippen LogP contribution is -2.10. The number of rotatable bonds is 4. The largest absolute Gasteiger partial charge is 0.503 e. The smallest absolute Gasteiger partial charge is 0.416 e. The summed E-state index contributed by atoms with van der Waals surface area (Å²) in [5, 5.41) is 13.8. The standard InChI is InChI=1S/C15H14F3NO4S/c1-24(21,22)12-7-10(15(16,17)18)5-4-9(12)6-11-13(20)14(23-19-11)8-2-3-8/h4-5,7-8,20H,2-3,6H2,1H3. The number of halogens is 3. The number of sulfone groups is 1. The fourth-order valence-electron chi connectivity index (χ4n) is 2.46. The first-order valence-electron chi connectivity index (χ1n) is 7.15. The molecule has 1 N–H and O–H groups in total. The van der Waals surface area contributed by atoms with Gasteiger partial charge < -0.3 is 9.63 Å². The van der Waals surface area contributed by atoms with Crippen LogP contribution in [0.3, 0.4) is 0 Å². The normalized spacial score (nSPS) is 15.7. The van der Waals surface area contributed by atoms with Crippen molar-refractivity contribution in [1.29, 1.82) is 0 Å². The third-order valence-corrected chi connectivity index (χ3v) is 5.04. The van der Waals surface area contributed by atoms with Gasteiger partial charge in [-0.15, -0.1) is 0 Å². The van der Waals surface area contributed by atoms with Gasteiger partial charge in [0.15, 0.2) is 21.3 Å². The van der Waals surface area contributed by atoms with E-state index in [2.05, 4.69) is 5.16 Å². The maximum absolute atomic E-state index is 12.8. The minimum absolute atomic E-state index is 0.105. The van der Waals surface area contributed by atoms with Crippen molar-refractivity contribution < 1.29 is 31.2 Å². The predicted molar refractivity (Wildman–Crippen MR) is 77.5 cm³/mol. The third-order valence-electron chi connectivity index (χ3n) is 3.86. The Morgan fingerprint density at radius 1 is 1.33 bits per heavy atom. The molecule has 24 heavy (non-hydrogen) atoms. The van der Waals surface area contributed by atoms with Gasteiger partial charge in [0, 0.05) is 18.6 Å². The summed E-state index contributed by atoms with van der Waals surface area (Å²) in [6.45, 7) is 0. The first-order valence-corrected chi connectivity index (χ1v) is 9.04. The van der Waals surface area contributed by atoms with Crippen molar-refractivity contribution in [2.45, 2.75) is 36.3 Å². The average molecular weight is 361 g/mol. The lowest BCUT2D eigenvalue weighted by atomic mass is 10.1. The Labute approximate surface area is 136 Å². The molecule has 1 aromatic carbocycles. The van der Waals surface area contributed by atoms with Crippen molar-refractivity contribution in [2.24, 2.45) is 0 Å². The molecule has 5 nitrogen and oxygen atoms in total. The summed E-state index contributed by atoms with van der Waals surface area (Å²) in [7, 11) is -3.89. The van der Waals surface area contributed by atoms with Gasteiger partial charge in [-0.1, -0.05) is 11.2 Å². The molecule has 0 amide bonds. The van der Waals surface area contributed by atoms with E-state index in [1.807, 2.05) is 0 Å². The summed E-state index contributed by atoms with van der Waals surface area (Å²) in [5.41, 5.74) is -0.812. The van der Waals surface area contributed by atoms with E-state index in [9.17, 15) is 26.7 Å². The van der Waals surface area contributed by atoms with Crippen LogP contribution in [0.1, 0.15) is 41.3 Å². The van der Waals surface area contributed by atoms with Crippen LogP contribution >= 0.6 is 0 Å². The van der Waals surface area contributed by atoms with Crippen LogP contribution in [0, 0.1) is 0 Å². The minimum Gasteiger partial charge on any atom is -0.503 e. The van der Waals surface area contributed by atoms with E-state index in [4.69, 9.17) is 4.52 Å². The molecular weight excluding hydrogens is 347 g/mol. The molecule has 0 unspecified atom stereocenters. The molecule has 1 fully saturated rings. The van der Waals surface area contributed by atoms with Crippen LogP contribution in [0.25, 0.3) is 0 Å². The maximum Gasteiger partial charge on any atom is 0.416 e. The fourth-order valence-corrected chi connectivity index (χ4v) is 3.42. The zero-order valence-electron chi connectivity index (χ0n) is 12.6. The summed E-state index contributed by atoms with van der Waals surface area (Å²) in [4.78, 5) is -0.437. The molecule has 130 valence electrons. The van der Waals surface area contributed by atoms with Gasteiger partial charge in [0.2, 0.25) is 0 Å². The summed E-state index contributed by atoms with van der Waals surface area (Å²) >= 11 is 0. The third kappa shape index (κ3) is 3.26. The molecule has 0 atom stereocenters. The number of aromatic nitrogens is 1.